The Morgan fingerprint density at radius 2 is 2.00 bits per heavy atom. The smallest absolute Gasteiger partial charge is 0.254 e. The Morgan fingerprint density at radius 1 is 1.24 bits per heavy atom. The van der Waals surface area contributed by atoms with E-state index < -0.39 is 0 Å². The lowest BCUT2D eigenvalue weighted by Crippen LogP contribution is -2.40. The molecule has 5 heteroatoms. The lowest BCUT2D eigenvalue weighted by Gasteiger charge is -2.28. The fraction of sp³-hybridized carbons (Fsp3) is 0.250. The average Bonchev–Trinajstić information content (AvgIpc) is 2.62. The molecular weight excluding hydrogens is 316 g/mol. The largest absolute Gasteiger partial charge is 0.489 e. The van der Waals surface area contributed by atoms with Crippen LogP contribution < -0.4 is 4.74 Å². The number of hydrogen-bond acceptors (Lipinski definition) is 3. The maximum atomic E-state index is 12.4. The van der Waals surface area contributed by atoms with Gasteiger partial charge in [0.2, 0.25) is 0 Å². The molecule has 1 heterocycles. The zero-order valence-electron chi connectivity index (χ0n) is 14.0. The van der Waals surface area contributed by atoms with Gasteiger partial charge in [-0.2, -0.15) is 0 Å². The van der Waals surface area contributed by atoms with Gasteiger partial charge in [0.15, 0.2) is 5.69 Å². The quantitative estimate of drug-likeness (QED) is 0.788. The van der Waals surface area contributed by atoms with Gasteiger partial charge in [-0.25, -0.2) is 4.85 Å². The molecule has 0 N–H and O–H groups in total. The van der Waals surface area contributed by atoms with Gasteiger partial charge in [0.05, 0.1) is 13.1 Å². The molecule has 0 saturated heterocycles. The molecule has 2 aromatic rings. The van der Waals surface area contributed by atoms with Crippen molar-refractivity contribution in [1.82, 2.24) is 4.90 Å². The number of rotatable bonds is 5. The number of nitrogens with zero attached hydrogens (tertiary/aromatic N) is 2. The summed E-state index contributed by atoms with van der Waals surface area (Å²) in [5, 5.41) is 0. The first-order valence-electron chi connectivity index (χ1n) is 8.07. The summed E-state index contributed by atoms with van der Waals surface area (Å²) in [5.74, 6) is 0.597. The molecule has 0 aliphatic carbocycles. The molecule has 1 amide bonds. The molecule has 0 saturated carbocycles. The fourth-order valence-electron chi connectivity index (χ4n) is 2.86. The van der Waals surface area contributed by atoms with Crippen LogP contribution >= 0.6 is 0 Å². The average molecular weight is 334 g/mol. The Kier molecular flexibility index (Phi) is 4.80. The normalized spacial score (nSPS) is 13.1. The molecular formula is C20H18N2O3. The van der Waals surface area contributed by atoms with Crippen LogP contribution in [0.4, 0.5) is 5.69 Å². The highest BCUT2D eigenvalue weighted by Gasteiger charge is 2.25. The van der Waals surface area contributed by atoms with E-state index in [0.717, 1.165) is 11.1 Å². The summed E-state index contributed by atoms with van der Waals surface area (Å²) in [6, 6.07) is 12.7. The lowest BCUT2D eigenvalue weighted by molar-refractivity contribution is -0.117. The number of Topliss-reactive ketones (excluding diaryl/α,β-unsaturated/α-hetero) is 1. The van der Waals surface area contributed by atoms with E-state index in [1.165, 1.54) is 6.92 Å². The number of fused-ring (bicyclic) bond motifs is 1. The van der Waals surface area contributed by atoms with Gasteiger partial charge in [-0.05, 0) is 42.7 Å². The van der Waals surface area contributed by atoms with E-state index in [-0.39, 0.29) is 18.2 Å². The van der Waals surface area contributed by atoms with Crippen molar-refractivity contribution >= 4 is 17.4 Å². The second kappa shape index (κ2) is 7.18. The maximum Gasteiger partial charge on any atom is 0.254 e. The minimum Gasteiger partial charge on any atom is -0.489 e. The van der Waals surface area contributed by atoms with Crippen LogP contribution in [0.3, 0.4) is 0 Å². The number of benzene rings is 2. The maximum absolute atomic E-state index is 12.4. The van der Waals surface area contributed by atoms with Crippen LogP contribution in [-0.4, -0.2) is 29.7 Å². The van der Waals surface area contributed by atoms with Gasteiger partial charge in [-0.1, -0.05) is 24.3 Å². The van der Waals surface area contributed by atoms with Crippen molar-refractivity contribution in [1.29, 1.82) is 0 Å². The molecule has 0 atom stereocenters. The minimum absolute atomic E-state index is 0.0130. The molecule has 25 heavy (non-hydrogen) atoms. The second-order valence-corrected chi connectivity index (χ2v) is 6.06. The van der Waals surface area contributed by atoms with Gasteiger partial charge in [-0.3, -0.25) is 9.59 Å². The molecule has 1 aliphatic rings. The van der Waals surface area contributed by atoms with Crippen molar-refractivity contribution in [2.24, 2.45) is 0 Å². The highest BCUT2D eigenvalue weighted by molar-refractivity contribution is 5.98. The molecule has 0 bridgehead atoms. The van der Waals surface area contributed by atoms with E-state index in [0.29, 0.717) is 36.6 Å². The molecule has 3 rings (SSSR count). The highest BCUT2D eigenvalue weighted by atomic mass is 16.5. The molecule has 0 unspecified atom stereocenters. The molecule has 2 aromatic carbocycles. The summed E-state index contributed by atoms with van der Waals surface area (Å²) in [7, 11) is 0. The summed E-state index contributed by atoms with van der Waals surface area (Å²) in [4.78, 5) is 28.6. The minimum atomic E-state index is -0.0993. The number of amides is 1. The van der Waals surface area contributed by atoms with E-state index >= 15 is 0 Å². The number of ether oxygens (including phenoxy) is 1. The zero-order chi connectivity index (χ0) is 17.8. The van der Waals surface area contributed by atoms with Gasteiger partial charge in [0.25, 0.3) is 5.91 Å². The number of hydrogen-bond donors (Lipinski definition) is 0. The van der Waals surface area contributed by atoms with Crippen molar-refractivity contribution < 1.29 is 14.3 Å². The van der Waals surface area contributed by atoms with Crippen LogP contribution in [0.25, 0.3) is 4.85 Å². The summed E-state index contributed by atoms with van der Waals surface area (Å²) in [5.41, 5.74) is 3.17. The van der Waals surface area contributed by atoms with Gasteiger partial charge in [0.1, 0.15) is 18.1 Å². The predicted octanol–water partition coefficient (Wildman–Crippen LogP) is 3.40. The second-order valence-electron chi connectivity index (χ2n) is 6.06. The molecule has 126 valence electrons. The van der Waals surface area contributed by atoms with Gasteiger partial charge in [-0.15, -0.1) is 0 Å². The molecule has 1 aliphatic heterocycles. The molecule has 0 aromatic heterocycles. The topological polar surface area (TPSA) is 51.0 Å². The van der Waals surface area contributed by atoms with Crippen molar-refractivity contribution in [3.05, 3.63) is 70.6 Å². The third kappa shape index (κ3) is 3.86. The highest BCUT2D eigenvalue weighted by Crippen LogP contribution is 2.24. The Bertz CT molecular complexity index is 850. The summed E-state index contributed by atoms with van der Waals surface area (Å²) in [6.07, 6.45) is 0.714. The van der Waals surface area contributed by atoms with E-state index in [1.807, 2.05) is 18.2 Å². The summed E-state index contributed by atoms with van der Waals surface area (Å²) in [6.45, 7) is 9.56. The van der Waals surface area contributed by atoms with E-state index in [2.05, 4.69) is 4.85 Å². The van der Waals surface area contributed by atoms with E-state index in [4.69, 9.17) is 11.3 Å². The van der Waals surface area contributed by atoms with Gasteiger partial charge < -0.3 is 9.64 Å². The first-order valence-corrected chi connectivity index (χ1v) is 8.07. The Morgan fingerprint density at radius 3 is 2.68 bits per heavy atom. The third-order valence-corrected chi connectivity index (χ3v) is 4.13. The van der Waals surface area contributed by atoms with Crippen LogP contribution in [0.5, 0.6) is 5.75 Å². The van der Waals surface area contributed by atoms with E-state index in [1.54, 1.807) is 29.2 Å². The predicted molar refractivity (Wildman–Crippen MR) is 93.8 cm³/mol. The number of ketones is 1. The third-order valence-electron chi connectivity index (χ3n) is 4.13. The first-order chi connectivity index (χ1) is 12.1. The van der Waals surface area contributed by atoms with Crippen LogP contribution in [0.1, 0.15) is 28.4 Å². The summed E-state index contributed by atoms with van der Waals surface area (Å²) < 4.78 is 5.80. The molecule has 5 nitrogen and oxygen atoms in total. The number of carbonyl (C=O) groups is 2. The van der Waals surface area contributed by atoms with Crippen LogP contribution in [0.2, 0.25) is 0 Å². The van der Waals surface area contributed by atoms with Crippen molar-refractivity contribution in [2.45, 2.75) is 20.0 Å². The Balaban J connectivity index is 1.68. The van der Waals surface area contributed by atoms with Crippen LogP contribution in [-0.2, 0) is 17.8 Å². The monoisotopic (exact) mass is 334 g/mol. The van der Waals surface area contributed by atoms with E-state index in [9.17, 15) is 9.59 Å². The van der Waals surface area contributed by atoms with Crippen LogP contribution in [0, 0.1) is 6.57 Å². The van der Waals surface area contributed by atoms with Crippen LogP contribution in [0.15, 0.2) is 42.5 Å². The Labute approximate surface area is 146 Å². The van der Waals surface area contributed by atoms with Gasteiger partial charge >= 0.3 is 0 Å². The molecule has 0 radical (unpaired) electrons. The summed E-state index contributed by atoms with van der Waals surface area (Å²) >= 11 is 0. The number of carbonyl (C=O) groups excluding carboxylic acids is 2. The SMILES string of the molecule is [C-]#[N+]c1ccc(COc2ccc3c(c2)CCN(CC(C)=O)C3=O)cc1. The first kappa shape index (κ1) is 16.7. The lowest BCUT2D eigenvalue weighted by atomic mass is 9.98. The standard InChI is InChI=1S/C20H18N2O3/c1-14(23)12-22-10-9-16-11-18(7-8-19(16)20(22)24)25-13-15-3-5-17(21-2)6-4-15/h3-8,11H,9-10,12-13H2,1H3. The van der Waals surface area contributed by atoms with Crippen molar-refractivity contribution in [2.75, 3.05) is 13.1 Å². The van der Waals surface area contributed by atoms with Crippen molar-refractivity contribution in [3.8, 4) is 5.75 Å². The Hall–Kier alpha value is -3.13. The molecule has 0 fully saturated rings. The fourth-order valence-corrected chi connectivity index (χ4v) is 2.86. The van der Waals surface area contributed by atoms with Gasteiger partial charge in [0, 0.05) is 12.1 Å². The zero-order valence-corrected chi connectivity index (χ0v) is 14.0. The van der Waals surface area contributed by atoms with Crippen molar-refractivity contribution in [3.63, 3.8) is 0 Å². The molecule has 0 spiro atoms.